The molecule has 0 N–H and O–H groups in total. The summed E-state index contributed by atoms with van der Waals surface area (Å²) in [6, 6.07) is 5.73. The highest BCUT2D eigenvalue weighted by molar-refractivity contribution is 5.81. The van der Waals surface area contributed by atoms with Gasteiger partial charge in [-0.05, 0) is 30.5 Å². The zero-order valence-corrected chi connectivity index (χ0v) is 9.56. The van der Waals surface area contributed by atoms with Gasteiger partial charge in [0.2, 0.25) is 5.91 Å². The Balaban J connectivity index is 1.77. The minimum absolute atomic E-state index is 0.213. The van der Waals surface area contributed by atoms with Gasteiger partial charge < -0.3 is 9.32 Å². The van der Waals surface area contributed by atoms with Crippen LogP contribution in [0.3, 0.4) is 0 Å². The van der Waals surface area contributed by atoms with Gasteiger partial charge in [0, 0.05) is 13.1 Å². The van der Waals surface area contributed by atoms with Crippen molar-refractivity contribution in [2.75, 3.05) is 13.1 Å². The second kappa shape index (κ2) is 4.20. The molecule has 88 valence electrons. The molecule has 4 nitrogen and oxygen atoms in total. The molecule has 0 atom stereocenters. The first kappa shape index (κ1) is 10.3. The monoisotopic (exact) mass is 230 g/mol. The molecule has 1 aliphatic heterocycles. The number of carbonyl (C=O) groups excluding carboxylic acids is 1. The minimum Gasteiger partial charge on any atom is -0.443 e. The Labute approximate surface area is 99.2 Å². The molecule has 1 amide bonds. The predicted octanol–water partition coefficient (Wildman–Crippen LogP) is 1.99. The quantitative estimate of drug-likeness (QED) is 0.792. The lowest BCUT2D eigenvalue weighted by Crippen LogP contribution is -2.29. The molecule has 0 saturated carbocycles. The highest BCUT2D eigenvalue weighted by atomic mass is 16.3. The summed E-state index contributed by atoms with van der Waals surface area (Å²) in [5.74, 6) is 0.213. The van der Waals surface area contributed by atoms with Crippen molar-refractivity contribution in [3.63, 3.8) is 0 Å². The van der Waals surface area contributed by atoms with E-state index in [0.717, 1.165) is 42.6 Å². The molecule has 2 heterocycles. The number of likely N-dealkylation sites (tertiary alicyclic amines) is 1. The van der Waals surface area contributed by atoms with Gasteiger partial charge in [0.05, 0.1) is 6.42 Å². The van der Waals surface area contributed by atoms with E-state index in [-0.39, 0.29) is 5.91 Å². The first-order valence-electron chi connectivity index (χ1n) is 5.93. The van der Waals surface area contributed by atoms with E-state index in [4.69, 9.17) is 4.42 Å². The van der Waals surface area contributed by atoms with E-state index in [9.17, 15) is 4.79 Å². The molecule has 0 bridgehead atoms. The summed E-state index contributed by atoms with van der Waals surface area (Å²) < 4.78 is 5.17. The van der Waals surface area contributed by atoms with Crippen LogP contribution in [0.4, 0.5) is 0 Å². The van der Waals surface area contributed by atoms with Crippen molar-refractivity contribution in [1.82, 2.24) is 9.88 Å². The molecule has 0 radical (unpaired) electrons. The van der Waals surface area contributed by atoms with E-state index >= 15 is 0 Å². The number of carbonyl (C=O) groups is 1. The van der Waals surface area contributed by atoms with E-state index in [1.54, 1.807) is 0 Å². The number of aromatic nitrogens is 1. The summed E-state index contributed by atoms with van der Waals surface area (Å²) in [6.45, 7) is 1.82. The molecule has 1 aromatic carbocycles. The molecular formula is C13H14N2O2. The van der Waals surface area contributed by atoms with Crippen LogP contribution >= 0.6 is 0 Å². The van der Waals surface area contributed by atoms with Crippen molar-refractivity contribution in [2.45, 2.75) is 19.3 Å². The third kappa shape index (κ3) is 2.02. The largest absolute Gasteiger partial charge is 0.443 e. The summed E-state index contributed by atoms with van der Waals surface area (Å²) in [5, 5.41) is 0. The Morgan fingerprint density at radius 3 is 3.00 bits per heavy atom. The number of amides is 1. The van der Waals surface area contributed by atoms with Crippen molar-refractivity contribution in [3.05, 3.63) is 30.2 Å². The summed E-state index contributed by atoms with van der Waals surface area (Å²) in [5.41, 5.74) is 2.59. The topological polar surface area (TPSA) is 46.3 Å². The van der Waals surface area contributed by atoms with Crippen LogP contribution in [0, 0.1) is 0 Å². The molecule has 3 rings (SSSR count). The zero-order chi connectivity index (χ0) is 11.7. The highest BCUT2D eigenvalue weighted by Gasteiger charge is 2.18. The van der Waals surface area contributed by atoms with E-state index in [1.165, 1.54) is 6.39 Å². The van der Waals surface area contributed by atoms with Crippen LogP contribution in [0.15, 0.2) is 29.0 Å². The number of rotatable bonds is 2. The van der Waals surface area contributed by atoms with Crippen LogP contribution < -0.4 is 0 Å². The van der Waals surface area contributed by atoms with Crippen molar-refractivity contribution < 1.29 is 9.21 Å². The van der Waals surface area contributed by atoms with Crippen LogP contribution in [0.1, 0.15) is 18.4 Å². The lowest BCUT2D eigenvalue weighted by Gasteiger charge is -2.14. The molecule has 0 spiro atoms. The Hall–Kier alpha value is -1.84. The van der Waals surface area contributed by atoms with Crippen LogP contribution in [0.5, 0.6) is 0 Å². The van der Waals surface area contributed by atoms with Crippen molar-refractivity contribution in [2.24, 2.45) is 0 Å². The molecule has 1 saturated heterocycles. The molecular weight excluding hydrogens is 216 g/mol. The van der Waals surface area contributed by atoms with Crippen LogP contribution in [0.25, 0.3) is 11.1 Å². The summed E-state index contributed by atoms with van der Waals surface area (Å²) in [7, 11) is 0. The molecule has 0 unspecified atom stereocenters. The smallest absolute Gasteiger partial charge is 0.226 e. The van der Waals surface area contributed by atoms with Gasteiger partial charge in [-0.3, -0.25) is 4.79 Å². The fourth-order valence-corrected chi connectivity index (χ4v) is 2.27. The fourth-order valence-electron chi connectivity index (χ4n) is 2.27. The fraction of sp³-hybridized carbons (Fsp3) is 0.385. The van der Waals surface area contributed by atoms with Gasteiger partial charge in [-0.25, -0.2) is 4.98 Å². The first-order chi connectivity index (χ1) is 8.33. The van der Waals surface area contributed by atoms with Gasteiger partial charge in [0.25, 0.3) is 0 Å². The zero-order valence-electron chi connectivity index (χ0n) is 9.56. The molecule has 1 aliphatic rings. The van der Waals surface area contributed by atoms with E-state index in [1.807, 2.05) is 23.1 Å². The third-order valence-corrected chi connectivity index (χ3v) is 3.21. The lowest BCUT2D eigenvalue weighted by molar-refractivity contribution is -0.129. The number of hydrogen-bond donors (Lipinski definition) is 0. The Bertz CT molecular complexity index is 541. The minimum atomic E-state index is 0.213. The highest BCUT2D eigenvalue weighted by Crippen LogP contribution is 2.16. The maximum atomic E-state index is 12.0. The molecule has 0 aliphatic carbocycles. The second-order valence-corrected chi connectivity index (χ2v) is 4.42. The SMILES string of the molecule is O=C(Cc1ccc2ocnc2c1)N1CCCC1. The van der Waals surface area contributed by atoms with Gasteiger partial charge in [0.15, 0.2) is 12.0 Å². The van der Waals surface area contributed by atoms with Gasteiger partial charge >= 0.3 is 0 Å². The summed E-state index contributed by atoms with van der Waals surface area (Å²) >= 11 is 0. The summed E-state index contributed by atoms with van der Waals surface area (Å²) in [4.78, 5) is 18.0. The van der Waals surface area contributed by atoms with E-state index in [2.05, 4.69) is 4.98 Å². The molecule has 1 fully saturated rings. The molecule has 4 heteroatoms. The van der Waals surface area contributed by atoms with Crippen LogP contribution in [-0.2, 0) is 11.2 Å². The number of hydrogen-bond acceptors (Lipinski definition) is 3. The number of oxazole rings is 1. The Kier molecular flexibility index (Phi) is 2.55. The van der Waals surface area contributed by atoms with Crippen molar-refractivity contribution in [1.29, 1.82) is 0 Å². The number of fused-ring (bicyclic) bond motifs is 1. The molecule has 2 aromatic rings. The second-order valence-electron chi connectivity index (χ2n) is 4.42. The maximum absolute atomic E-state index is 12.0. The average molecular weight is 230 g/mol. The molecule has 1 aromatic heterocycles. The van der Waals surface area contributed by atoms with E-state index in [0.29, 0.717) is 6.42 Å². The Morgan fingerprint density at radius 2 is 2.18 bits per heavy atom. The maximum Gasteiger partial charge on any atom is 0.226 e. The normalized spacial score (nSPS) is 15.6. The average Bonchev–Trinajstić information content (AvgIpc) is 2.99. The van der Waals surface area contributed by atoms with Crippen molar-refractivity contribution >= 4 is 17.0 Å². The molecule has 17 heavy (non-hydrogen) atoms. The third-order valence-electron chi connectivity index (χ3n) is 3.21. The van der Waals surface area contributed by atoms with Crippen LogP contribution in [-0.4, -0.2) is 28.9 Å². The van der Waals surface area contributed by atoms with Gasteiger partial charge in [-0.1, -0.05) is 6.07 Å². The summed E-state index contributed by atoms with van der Waals surface area (Å²) in [6.07, 6.45) is 4.15. The number of nitrogens with zero attached hydrogens (tertiary/aromatic N) is 2. The van der Waals surface area contributed by atoms with Gasteiger partial charge in [-0.2, -0.15) is 0 Å². The van der Waals surface area contributed by atoms with Crippen LogP contribution in [0.2, 0.25) is 0 Å². The van der Waals surface area contributed by atoms with E-state index < -0.39 is 0 Å². The standard InChI is InChI=1S/C13H14N2O2/c16-13(15-5-1-2-6-15)8-10-3-4-12-11(7-10)14-9-17-12/h3-4,7,9H,1-2,5-6,8H2. The van der Waals surface area contributed by atoms with Gasteiger partial charge in [-0.15, -0.1) is 0 Å². The lowest BCUT2D eigenvalue weighted by atomic mass is 10.1. The van der Waals surface area contributed by atoms with Gasteiger partial charge in [0.1, 0.15) is 5.52 Å². The number of benzene rings is 1. The van der Waals surface area contributed by atoms with Crippen molar-refractivity contribution in [3.8, 4) is 0 Å². The Morgan fingerprint density at radius 1 is 1.35 bits per heavy atom. The predicted molar refractivity (Wildman–Crippen MR) is 63.5 cm³/mol. The first-order valence-corrected chi connectivity index (χ1v) is 5.93.